The summed E-state index contributed by atoms with van der Waals surface area (Å²) in [5.74, 6) is -0.287. The Morgan fingerprint density at radius 3 is 2.43 bits per heavy atom. The van der Waals surface area contributed by atoms with Gasteiger partial charge in [0.2, 0.25) is 5.91 Å². The molecule has 112 valence electrons. The smallest absolute Gasteiger partial charge is 0.220 e. The molecule has 0 spiro atoms. The predicted octanol–water partition coefficient (Wildman–Crippen LogP) is 2.95. The van der Waals surface area contributed by atoms with Gasteiger partial charge < -0.3 is 5.32 Å². The third-order valence-electron chi connectivity index (χ3n) is 3.20. The lowest BCUT2D eigenvalue weighted by Gasteiger charge is -2.23. The molecule has 4 heteroatoms. The van der Waals surface area contributed by atoms with Crippen LogP contribution in [0.15, 0.2) is 30.3 Å². The van der Waals surface area contributed by atoms with Crippen molar-refractivity contribution in [3.8, 4) is 6.07 Å². The largest absolute Gasteiger partial charge is 0.355 e. The van der Waals surface area contributed by atoms with Gasteiger partial charge >= 0.3 is 0 Å². The minimum atomic E-state index is -0.410. The fourth-order valence-electron chi connectivity index (χ4n) is 2.03. The average molecular weight is 286 g/mol. The maximum absolute atomic E-state index is 12.2. The van der Waals surface area contributed by atoms with E-state index in [0.29, 0.717) is 18.5 Å². The molecule has 1 atom stereocenters. The normalized spacial score (nSPS) is 12.3. The molecule has 0 aliphatic carbocycles. The first-order chi connectivity index (χ1) is 9.84. The number of nitrogens with one attached hydrogen (secondary N) is 1. The first-order valence-corrected chi connectivity index (χ1v) is 7.08. The molecule has 1 amide bonds. The van der Waals surface area contributed by atoms with Gasteiger partial charge in [0, 0.05) is 24.9 Å². The first kappa shape index (κ1) is 16.9. The number of benzene rings is 1. The number of hydrogen-bond acceptors (Lipinski definition) is 3. The van der Waals surface area contributed by atoms with Crippen molar-refractivity contribution in [1.82, 2.24) is 5.32 Å². The van der Waals surface area contributed by atoms with Gasteiger partial charge in [0.1, 0.15) is 0 Å². The second-order valence-corrected chi connectivity index (χ2v) is 6.14. The summed E-state index contributed by atoms with van der Waals surface area (Å²) in [5.41, 5.74) is 0.261. The van der Waals surface area contributed by atoms with E-state index in [4.69, 9.17) is 5.26 Å². The summed E-state index contributed by atoms with van der Waals surface area (Å²) in [7, 11) is 0. The number of ketones is 1. The zero-order chi connectivity index (χ0) is 15.9. The van der Waals surface area contributed by atoms with Crippen LogP contribution < -0.4 is 5.32 Å². The molecule has 0 fully saturated rings. The quantitative estimate of drug-likeness (QED) is 0.783. The summed E-state index contributed by atoms with van der Waals surface area (Å²) in [4.78, 5) is 24.0. The fourth-order valence-corrected chi connectivity index (χ4v) is 2.03. The van der Waals surface area contributed by atoms with E-state index in [1.165, 1.54) is 0 Å². The van der Waals surface area contributed by atoms with Crippen molar-refractivity contribution >= 4 is 11.7 Å². The van der Waals surface area contributed by atoms with Crippen molar-refractivity contribution in [3.05, 3.63) is 35.9 Å². The van der Waals surface area contributed by atoms with Crippen molar-refractivity contribution in [2.45, 2.75) is 33.6 Å². The highest BCUT2D eigenvalue weighted by atomic mass is 16.1. The Labute approximate surface area is 126 Å². The molecular weight excluding hydrogens is 264 g/mol. The Hall–Kier alpha value is -2.15. The van der Waals surface area contributed by atoms with Gasteiger partial charge in [-0.05, 0) is 12.3 Å². The van der Waals surface area contributed by atoms with Crippen LogP contribution in [0, 0.1) is 22.7 Å². The molecule has 1 aromatic carbocycles. The molecule has 1 aromatic rings. The summed E-state index contributed by atoms with van der Waals surface area (Å²) in [6.45, 7) is 5.91. The van der Waals surface area contributed by atoms with E-state index in [1.807, 2.05) is 32.0 Å². The van der Waals surface area contributed by atoms with Gasteiger partial charge in [0.05, 0.1) is 12.0 Å². The Kier molecular flexibility index (Phi) is 6.10. The van der Waals surface area contributed by atoms with Crippen molar-refractivity contribution in [2.75, 3.05) is 6.54 Å². The van der Waals surface area contributed by atoms with Gasteiger partial charge in [0.15, 0.2) is 5.78 Å². The van der Waals surface area contributed by atoms with E-state index in [-0.39, 0.29) is 24.0 Å². The maximum atomic E-state index is 12.2. The van der Waals surface area contributed by atoms with E-state index in [2.05, 4.69) is 11.4 Å². The monoisotopic (exact) mass is 286 g/mol. The van der Waals surface area contributed by atoms with E-state index < -0.39 is 5.41 Å². The third-order valence-corrected chi connectivity index (χ3v) is 3.20. The number of nitriles is 1. The predicted molar refractivity (Wildman–Crippen MR) is 81.6 cm³/mol. The van der Waals surface area contributed by atoms with Crippen molar-refractivity contribution in [3.63, 3.8) is 0 Å². The Balaban J connectivity index is 2.52. The van der Waals surface area contributed by atoms with Crippen LogP contribution in [0.5, 0.6) is 0 Å². The maximum Gasteiger partial charge on any atom is 0.220 e. The lowest BCUT2D eigenvalue weighted by Crippen LogP contribution is -2.32. The van der Waals surface area contributed by atoms with Gasteiger partial charge in [-0.15, -0.1) is 0 Å². The highest BCUT2D eigenvalue weighted by molar-refractivity contribution is 5.96. The lowest BCUT2D eigenvalue weighted by molar-refractivity contribution is -0.123. The molecule has 1 rings (SSSR count). The summed E-state index contributed by atoms with van der Waals surface area (Å²) in [6, 6.07) is 11.2. The average Bonchev–Trinajstić information content (AvgIpc) is 2.44. The summed E-state index contributed by atoms with van der Waals surface area (Å²) in [6.07, 6.45) is 0.585. The van der Waals surface area contributed by atoms with Crippen molar-refractivity contribution < 1.29 is 9.59 Å². The van der Waals surface area contributed by atoms with Gasteiger partial charge in [-0.3, -0.25) is 9.59 Å². The van der Waals surface area contributed by atoms with E-state index in [0.717, 1.165) is 0 Å². The van der Waals surface area contributed by atoms with Crippen LogP contribution in [0.4, 0.5) is 0 Å². The third kappa shape index (κ3) is 6.22. The van der Waals surface area contributed by atoms with Crippen LogP contribution in [-0.4, -0.2) is 18.2 Å². The van der Waals surface area contributed by atoms with Crippen LogP contribution >= 0.6 is 0 Å². The molecule has 1 N–H and O–H groups in total. The molecule has 0 heterocycles. The second kappa shape index (κ2) is 7.58. The summed E-state index contributed by atoms with van der Waals surface area (Å²) >= 11 is 0. The van der Waals surface area contributed by atoms with E-state index in [1.54, 1.807) is 19.1 Å². The number of carbonyl (C=O) groups excluding carboxylic acids is 2. The molecule has 4 nitrogen and oxygen atoms in total. The number of Topliss-reactive ketones (excluding diaryl/α,β-unsaturated/α-hetero) is 1. The molecule has 0 saturated heterocycles. The highest BCUT2D eigenvalue weighted by Gasteiger charge is 2.25. The van der Waals surface area contributed by atoms with E-state index >= 15 is 0 Å². The molecule has 0 aromatic heterocycles. The van der Waals surface area contributed by atoms with Crippen LogP contribution in [0.25, 0.3) is 0 Å². The number of hydrogen-bond donors (Lipinski definition) is 1. The Bertz CT molecular complexity index is 529. The highest BCUT2D eigenvalue weighted by Crippen LogP contribution is 2.27. The van der Waals surface area contributed by atoms with E-state index in [9.17, 15) is 9.59 Å². The van der Waals surface area contributed by atoms with Gasteiger partial charge in [-0.2, -0.15) is 5.26 Å². The van der Waals surface area contributed by atoms with Crippen molar-refractivity contribution in [1.29, 1.82) is 5.26 Å². The number of carbonyl (C=O) groups is 2. The minimum absolute atomic E-state index is 0.0405. The van der Waals surface area contributed by atoms with Crippen LogP contribution in [0.1, 0.15) is 44.0 Å². The van der Waals surface area contributed by atoms with Crippen LogP contribution in [0.2, 0.25) is 0 Å². The molecule has 0 aliphatic heterocycles. The zero-order valence-electron chi connectivity index (χ0n) is 12.8. The molecule has 0 radical (unpaired) electrons. The second-order valence-electron chi connectivity index (χ2n) is 6.14. The molecule has 0 bridgehead atoms. The summed E-state index contributed by atoms with van der Waals surface area (Å²) in [5, 5.41) is 11.4. The molecule has 21 heavy (non-hydrogen) atoms. The van der Waals surface area contributed by atoms with Gasteiger partial charge in [-0.25, -0.2) is 0 Å². The Morgan fingerprint density at radius 1 is 1.24 bits per heavy atom. The fraction of sp³-hybridized carbons (Fsp3) is 0.471. The lowest BCUT2D eigenvalue weighted by atomic mass is 9.82. The number of amides is 1. The number of nitrogens with zero attached hydrogens (tertiary/aromatic N) is 1. The van der Waals surface area contributed by atoms with Crippen molar-refractivity contribution in [2.24, 2.45) is 11.3 Å². The Morgan fingerprint density at radius 2 is 1.86 bits per heavy atom. The number of rotatable bonds is 7. The topological polar surface area (TPSA) is 70.0 Å². The molecule has 1 unspecified atom stereocenters. The summed E-state index contributed by atoms with van der Waals surface area (Å²) < 4.78 is 0. The molecule has 0 aliphatic rings. The van der Waals surface area contributed by atoms with Crippen LogP contribution in [-0.2, 0) is 4.79 Å². The first-order valence-electron chi connectivity index (χ1n) is 7.08. The minimum Gasteiger partial charge on any atom is -0.355 e. The molecule has 0 saturated carbocycles. The zero-order valence-corrected chi connectivity index (χ0v) is 12.8. The SMILES string of the molecule is CC(C#N)CNC(=O)CC(C)(C)CC(=O)c1ccccc1. The van der Waals surface area contributed by atoms with Gasteiger partial charge in [-0.1, -0.05) is 44.2 Å². The standard InChI is InChI=1S/C17H22N2O2/c1-13(11-18)12-19-16(21)10-17(2,3)9-15(20)14-7-5-4-6-8-14/h4-8,13H,9-10,12H2,1-3H3,(H,19,21). The van der Waals surface area contributed by atoms with Gasteiger partial charge in [0.25, 0.3) is 0 Å². The van der Waals surface area contributed by atoms with Crippen LogP contribution in [0.3, 0.4) is 0 Å². The molecular formula is C17H22N2O2.